The number of fused-ring (bicyclic) bond motifs is 1. The fourth-order valence-corrected chi connectivity index (χ4v) is 3.82. The molecule has 27 heavy (non-hydrogen) atoms. The predicted molar refractivity (Wildman–Crippen MR) is 105 cm³/mol. The molecule has 0 bridgehead atoms. The van der Waals surface area contributed by atoms with Gasteiger partial charge in [0.15, 0.2) is 0 Å². The molecule has 2 heterocycles. The van der Waals surface area contributed by atoms with Gasteiger partial charge in [0.25, 0.3) is 5.91 Å². The molecule has 1 fully saturated rings. The molecule has 0 saturated heterocycles. The molecule has 2 aromatic rings. The van der Waals surface area contributed by atoms with Crippen LogP contribution in [0.2, 0.25) is 0 Å². The predicted octanol–water partition coefficient (Wildman–Crippen LogP) is 2.34. The van der Waals surface area contributed by atoms with E-state index in [9.17, 15) is 4.79 Å². The van der Waals surface area contributed by atoms with E-state index in [1.165, 1.54) is 6.42 Å². The number of hydrogen-bond acceptors (Lipinski definition) is 5. The molecule has 2 N–H and O–H groups in total. The number of carbonyl (C=O) groups is 1. The van der Waals surface area contributed by atoms with Gasteiger partial charge in [-0.05, 0) is 43.0 Å². The van der Waals surface area contributed by atoms with E-state index in [-0.39, 0.29) is 18.1 Å². The van der Waals surface area contributed by atoms with Crippen LogP contribution in [0.1, 0.15) is 37.7 Å². The van der Waals surface area contributed by atoms with E-state index >= 15 is 0 Å². The van der Waals surface area contributed by atoms with Crippen molar-refractivity contribution in [3.63, 3.8) is 0 Å². The minimum absolute atomic E-state index is 0.180. The maximum absolute atomic E-state index is 12.3. The second-order valence-corrected chi connectivity index (χ2v) is 7.25. The minimum atomic E-state index is -0.180. The Labute approximate surface area is 158 Å². The first-order chi connectivity index (χ1) is 13.1. The van der Waals surface area contributed by atoms with E-state index in [2.05, 4.69) is 20.7 Å². The molecule has 7 heteroatoms. The van der Waals surface area contributed by atoms with Gasteiger partial charge in [0.1, 0.15) is 5.70 Å². The first kappa shape index (κ1) is 17.7. The van der Waals surface area contributed by atoms with E-state index in [4.69, 9.17) is 4.74 Å². The molecule has 1 aliphatic carbocycles. The number of nitrogens with one attached hydrogen (secondary N) is 2. The highest BCUT2D eigenvalue weighted by Gasteiger charge is 2.25. The fourth-order valence-electron chi connectivity index (χ4n) is 3.82. The van der Waals surface area contributed by atoms with Gasteiger partial charge in [-0.25, -0.2) is 4.99 Å². The number of ether oxygens (including phenoxy) is 1. The molecule has 142 valence electrons. The number of benzene rings is 1. The zero-order valence-electron chi connectivity index (χ0n) is 15.7. The Morgan fingerprint density at radius 1 is 1.33 bits per heavy atom. The van der Waals surface area contributed by atoms with Crippen LogP contribution in [-0.4, -0.2) is 40.9 Å². The Kier molecular flexibility index (Phi) is 4.94. The molecular weight excluding hydrogens is 342 g/mol. The summed E-state index contributed by atoms with van der Waals surface area (Å²) in [4.78, 5) is 16.8. The van der Waals surface area contributed by atoms with Crippen molar-refractivity contribution in [3.8, 4) is 0 Å². The van der Waals surface area contributed by atoms with Crippen molar-refractivity contribution in [2.24, 2.45) is 12.0 Å². The Morgan fingerprint density at radius 3 is 3.04 bits per heavy atom. The van der Waals surface area contributed by atoms with E-state index < -0.39 is 0 Å². The van der Waals surface area contributed by atoms with Crippen LogP contribution in [0, 0.1) is 0 Å². The minimum Gasteiger partial charge on any atom is -0.381 e. The zero-order chi connectivity index (χ0) is 18.8. The number of methoxy groups -OCH3 is 1. The van der Waals surface area contributed by atoms with Crippen LogP contribution in [0.25, 0.3) is 17.0 Å². The van der Waals surface area contributed by atoms with Gasteiger partial charge in [0.2, 0.25) is 5.96 Å². The standard InChI is InChI=1S/C20H25N5O2/c1-25-18-8-7-13(9-14(18)12-21-25)10-17-19(26)24-20(23-17)22-15-5-3-4-6-16(11-15)27-2/h7-10,12,15-16H,3-6,11H2,1-2H3,(H2,22,23,24,26)/b17-10-. The van der Waals surface area contributed by atoms with E-state index in [0.717, 1.165) is 42.1 Å². The van der Waals surface area contributed by atoms with Crippen molar-refractivity contribution >= 4 is 28.8 Å². The van der Waals surface area contributed by atoms with Gasteiger partial charge in [-0.15, -0.1) is 0 Å². The van der Waals surface area contributed by atoms with Crippen LogP contribution in [0.4, 0.5) is 0 Å². The molecule has 1 saturated carbocycles. The molecule has 4 rings (SSSR count). The van der Waals surface area contributed by atoms with E-state index in [0.29, 0.717) is 11.7 Å². The summed E-state index contributed by atoms with van der Waals surface area (Å²) in [7, 11) is 3.68. The molecule has 1 aromatic carbocycles. The molecule has 1 aliphatic heterocycles. The van der Waals surface area contributed by atoms with Crippen LogP contribution < -0.4 is 10.6 Å². The largest absolute Gasteiger partial charge is 0.381 e. The summed E-state index contributed by atoms with van der Waals surface area (Å²) in [5.74, 6) is 0.358. The Balaban J connectivity index is 1.50. The van der Waals surface area contributed by atoms with Gasteiger partial charge in [-0.1, -0.05) is 18.9 Å². The summed E-state index contributed by atoms with van der Waals surface area (Å²) in [5.41, 5.74) is 2.40. The zero-order valence-corrected chi connectivity index (χ0v) is 15.7. The van der Waals surface area contributed by atoms with Crippen molar-refractivity contribution in [3.05, 3.63) is 35.7 Å². The van der Waals surface area contributed by atoms with Gasteiger partial charge in [-0.2, -0.15) is 5.10 Å². The number of nitrogens with zero attached hydrogens (tertiary/aromatic N) is 3. The third kappa shape index (κ3) is 3.88. The summed E-state index contributed by atoms with van der Waals surface area (Å²) in [6.07, 6.45) is 9.32. The van der Waals surface area contributed by atoms with Crippen LogP contribution in [0.15, 0.2) is 35.1 Å². The summed E-state index contributed by atoms with van der Waals surface area (Å²) >= 11 is 0. The van der Waals surface area contributed by atoms with E-state index in [1.807, 2.05) is 42.2 Å². The van der Waals surface area contributed by atoms with Gasteiger partial charge in [0, 0.05) is 25.6 Å². The number of rotatable bonds is 3. The molecular formula is C20H25N5O2. The fraction of sp³-hybridized carbons (Fsp3) is 0.450. The van der Waals surface area contributed by atoms with Crippen LogP contribution in [0.5, 0.6) is 0 Å². The molecule has 1 amide bonds. The number of amides is 1. The third-order valence-electron chi connectivity index (χ3n) is 5.32. The maximum atomic E-state index is 12.3. The smallest absolute Gasteiger partial charge is 0.276 e. The highest BCUT2D eigenvalue weighted by molar-refractivity contribution is 6.13. The summed E-state index contributed by atoms with van der Waals surface area (Å²) in [6.45, 7) is 0. The van der Waals surface area contributed by atoms with Crippen LogP contribution in [0.3, 0.4) is 0 Å². The molecule has 2 unspecified atom stereocenters. The average Bonchev–Trinajstić information content (AvgIpc) is 3.09. The number of carbonyl (C=O) groups excluding carboxylic acids is 1. The lowest BCUT2D eigenvalue weighted by Gasteiger charge is -2.20. The molecule has 2 aliphatic rings. The van der Waals surface area contributed by atoms with Gasteiger partial charge in [0.05, 0.1) is 17.8 Å². The number of aromatic nitrogens is 2. The number of hydrogen-bond donors (Lipinski definition) is 2. The number of aryl methyl sites for hydroxylation is 1. The number of guanidine groups is 1. The Morgan fingerprint density at radius 2 is 2.19 bits per heavy atom. The highest BCUT2D eigenvalue weighted by Crippen LogP contribution is 2.21. The van der Waals surface area contributed by atoms with Crippen molar-refractivity contribution in [1.29, 1.82) is 0 Å². The summed E-state index contributed by atoms with van der Waals surface area (Å²) < 4.78 is 7.37. The first-order valence-corrected chi connectivity index (χ1v) is 9.45. The van der Waals surface area contributed by atoms with Crippen LogP contribution in [-0.2, 0) is 16.6 Å². The SMILES string of the molecule is COC1CCCCC(NC2=N/C(=C\c3ccc4c(cnn4C)c3)C(=O)N2)C1. The van der Waals surface area contributed by atoms with Gasteiger partial charge < -0.3 is 10.1 Å². The Hall–Kier alpha value is -2.67. The van der Waals surface area contributed by atoms with Gasteiger partial charge in [-0.3, -0.25) is 14.8 Å². The topological polar surface area (TPSA) is 80.5 Å². The monoisotopic (exact) mass is 367 g/mol. The second kappa shape index (κ2) is 7.52. The lowest BCUT2D eigenvalue weighted by atomic mass is 10.1. The highest BCUT2D eigenvalue weighted by atomic mass is 16.5. The molecule has 1 aromatic heterocycles. The lowest BCUT2D eigenvalue weighted by Crippen LogP contribution is -2.43. The molecule has 2 atom stereocenters. The van der Waals surface area contributed by atoms with Crippen molar-refractivity contribution in [1.82, 2.24) is 20.4 Å². The number of aliphatic imine (C=N–C) groups is 1. The molecule has 0 spiro atoms. The quantitative estimate of drug-likeness (QED) is 0.645. The third-order valence-corrected chi connectivity index (χ3v) is 5.32. The normalized spacial score (nSPS) is 24.7. The first-order valence-electron chi connectivity index (χ1n) is 9.45. The van der Waals surface area contributed by atoms with Crippen molar-refractivity contribution in [2.45, 2.75) is 44.2 Å². The maximum Gasteiger partial charge on any atom is 0.276 e. The van der Waals surface area contributed by atoms with Crippen LogP contribution >= 0.6 is 0 Å². The summed E-state index contributed by atoms with van der Waals surface area (Å²) in [6, 6.07) is 6.25. The second-order valence-electron chi connectivity index (χ2n) is 7.25. The van der Waals surface area contributed by atoms with E-state index in [1.54, 1.807) is 7.11 Å². The van der Waals surface area contributed by atoms with Gasteiger partial charge >= 0.3 is 0 Å². The van der Waals surface area contributed by atoms with Crippen molar-refractivity contribution in [2.75, 3.05) is 7.11 Å². The summed E-state index contributed by atoms with van der Waals surface area (Å²) in [5, 5.41) is 11.5. The molecule has 7 nitrogen and oxygen atoms in total. The van der Waals surface area contributed by atoms with Crippen molar-refractivity contribution < 1.29 is 9.53 Å². The Bertz CT molecular complexity index is 914. The molecule has 0 radical (unpaired) electrons. The lowest BCUT2D eigenvalue weighted by molar-refractivity contribution is -0.115. The average molecular weight is 367 g/mol.